The van der Waals surface area contributed by atoms with Gasteiger partial charge in [-0.2, -0.15) is 5.06 Å². The van der Waals surface area contributed by atoms with E-state index in [2.05, 4.69) is 31.2 Å². The summed E-state index contributed by atoms with van der Waals surface area (Å²) >= 11 is 0. The molecule has 1 saturated heterocycles. The Morgan fingerprint density at radius 3 is 2.32 bits per heavy atom. The molecule has 6 amide bonds. The summed E-state index contributed by atoms with van der Waals surface area (Å²) in [6.07, 6.45) is 9.16. The number of nitrogens with one attached hydrogen (secondary N) is 5. The second kappa shape index (κ2) is 23.2. The molecule has 1 aromatic rings. The van der Waals surface area contributed by atoms with Crippen LogP contribution in [0.25, 0.3) is 0 Å². The van der Waals surface area contributed by atoms with Crippen molar-refractivity contribution in [3.63, 3.8) is 0 Å². The maximum Gasteiger partial charge on any atom is 0.434 e. The van der Waals surface area contributed by atoms with Gasteiger partial charge in [-0.1, -0.05) is 59.3 Å². The van der Waals surface area contributed by atoms with Gasteiger partial charge in [0, 0.05) is 57.0 Å². The van der Waals surface area contributed by atoms with E-state index in [1.807, 2.05) is 27.7 Å². The van der Waals surface area contributed by atoms with Gasteiger partial charge < -0.3 is 45.8 Å². The highest BCUT2D eigenvalue weighted by atomic mass is 16.7. The minimum absolute atomic E-state index is 0.0177. The highest BCUT2D eigenvalue weighted by molar-refractivity contribution is 5.88. The Morgan fingerprint density at radius 1 is 1.04 bits per heavy atom. The number of aromatic amines is 1. The lowest BCUT2D eigenvalue weighted by molar-refractivity contribution is -0.184. The number of unbranched alkanes of at least 4 members (excludes halogenated alkanes) is 1. The number of likely N-dealkylation sites (tertiary alicyclic amines) is 1. The summed E-state index contributed by atoms with van der Waals surface area (Å²) in [5.41, 5.74) is -0.0826. The number of aliphatic hydroxyl groups excluding tert-OH is 1. The summed E-state index contributed by atoms with van der Waals surface area (Å²) in [6.45, 7) is 14.6. The van der Waals surface area contributed by atoms with Crippen LogP contribution in [-0.2, 0) is 25.6 Å². The van der Waals surface area contributed by atoms with Gasteiger partial charge in [0.2, 0.25) is 5.91 Å². The van der Waals surface area contributed by atoms with Crippen molar-refractivity contribution in [3.8, 4) is 0 Å². The van der Waals surface area contributed by atoms with Crippen molar-refractivity contribution >= 4 is 30.0 Å². The molecule has 0 bridgehead atoms. The molecule has 1 unspecified atom stereocenters. The quantitative estimate of drug-likeness (QED) is 0.108. The first-order valence-corrected chi connectivity index (χ1v) is 20.9. The number of hydrogen-bond donors (Lipinski definition) is 6. The van der Waals surface area contributed by atoms with Gasteiger partial charge in [0.25, 0.3) is 5.91 Å². The van der Waals surface area contributed by atoms with Gasteiger partial charge in [-0.05, 0) is 77.6 Å². The molecule has 6 N–H and O–H groups in total. The molecule has 2 fully saturated rings. The number of amides is 6. The first kappa shape index (κ1) is 46.3. The van der Waals surface area contributed by atoms with Gasteiger partial charge in [0.1, 0.15) is 5.60 Å². The average Bonchev–Trinajstić information content (AvgIpc) is 3.66. The van der Waals surface area contributed by atoms with Crippen LogP contribution in [0, 0.1) is 17.8 Å². The van der Waals surface area contributed by atoms with Gasteiger partial charge in [-0.3, -0.25) is 9.59 Å². The van der Waals surface area contributed by atoms with Crippen molar-refractivity contribution in [3.05, 3.63) is 18.2 Å². The Balaban J connectivity index is 1.84. The largest absolute Gasteiger partial charge is 0.444 e. The number of carbonyl (C=O) groups is 5. The summed E-state index contributed by atoms with van der Waals surface area (Å²) in [5.74, 6) is -0.708. The molecule has 1 aliphatic carbocycles. The maximum atomic E-state index is 14.6. The fraction of sp³-hybridized carbons (Fsp3) is 0.800. The highest BCUT2D eigenvalue weighted by Crippen LogP contribution is 2.30. The van der Waals surface area contributed by atoms with E-state index in [1.165, 1.54) is 11.2 Å². The molecular weight excluding hydrogens is 720 g/mol. The number of aromatic nitrogens is 2. The van der Waals surface area contributed by atoms with E-state index in [4.69, 9.17) is 9.57 Å². The van der Waals surface area contributed by atoms with Crippen molar-refractivity contribution in [1.82, 2.24) is 41.2 Å². The van der Waals surface area contributed by atoms with Gasteiger partial charge in [-0.25, -0.2) is 19.4 Å². The number of hydroxylamine groups is 2. The molecule has 0 radical (unpaired) electrons. The zero-order valence-corrected chi connectivity index (χ0v) is 34.9. The number of rotatable bonds is 18. The van der Waals surface area contributed by atoms with Gasteiger partial charge in [0.15, 0.2) is 6.04 Å². The number of imidazole rings is 1. The topological polar surface area (TPSA) is 207 Å². The standard InChI is InChI=1S/C40H70N8O8/c1-8-10-16-35(50)48(56-39(54)47-19-17-30(18-20-47)45-38(53)55-40(5,6)7)33(23-31-25-41-26-44-31)36(51)46-32(21-28-14-12-11-13-15-28)34(49)22-29(27(3)4)24-43-37(52)42-9-2/h25-30,32-34,49H,8-24H2,1-7H3,(H,41,44)(H,45,53)(H,46,51)(H2,42,43,52)/t29-,32+,33?,34+/m1/s1. The molecule has 4 atom stereocenters. The number of ether oxygens (including phenoxy) is 1. The molecule has 1 aliphatic heterocycles. The molecule has 2 heterocycles. The Labute approximate surface area is 333 Å². The lowest BCUT2D eigenvalue weighted by Gasteiger charge is -2.36. The van der Waals surface area contributed by atoms with E-state index < -0.39 is 47.8 Å². The molecule has 1 aromatic heterocycles. The zero-order valence-electron chi connectivity index (χ0n) is 34.9. The molecule has 318 valence electrons. The number of H-pyrrole nitrogens is 1. The van der Waals surface area contributed by atoms with Gasteiger partial charge >= 0.3 is 18.2 Å². The van der Waals surface area contributed by atoms with Crippen molar-refractivity contribution in [2.75, 3.05) is 26.2 Å². The molecule has 1 saturated carbocycles. The minimum atomic E-state index is -1.27. The van der Waals surface area contributed by atoms with E-state index in [0.717, 1.165) is 37.2 Å². The second-order valence-electron chi connectivity index (χ2n) is 16.8. The molecule has 2 aliphatic rings. The van der Waals surface area contributed by atoms with Crippen LogP contribution >= 0.6 is 0 Å². The smallest absolute Gasteiger partial charge is 0.434 e. The number of alkyl carbamates (subject to hydrolysis) is 1. The van der Waals surface area contributed by atoms with Crippen LogP contribution < -0.4 is 21.3 Å². The SMILES string of the molecule is CCCCC(=O)N(OC(=O)N1CCC(NC(=O)OC(C)(C)C)CC1)C(Cc1cnc[nH]1)C(=O)N[C@@H](CC1CCCCC1)[C@@H](O)C[C@H](CNC(=O)NCC)C(C)C. The Kier molecular flexibility index (Phi) is 19.2. The molecule has 16 heteroatoms. The van der Waals surface area contributed by atoms with E-state index in [1.54, 1.807) is 27.0 Å². The minimum Gasteiger partial charge on any atom is -0.444 e. The van der Waals surface area contributed by atoms with Crippen LogP contribution in [0.15, 0.2) is 12.5 Å². The lowest BCUT2D eigenvalue weighted by Crippen LogP contribution is -2.57. The van der Waals surface area contributed by atoms with Crippen LogP contribution in [0.5, 0.6) is 0 Å². The molecular formula is C40H70N8O8. The van der Waals surface area contributed by atoms with Crippen LogP contribution in [-0.4, -0.2) is 111 Å². The molecule has 16 nitrogen and oxygen atoms in total. The highest BCUT2D eigenvalue weighted by Gasteiger charge is 2.38. The van der Waals surface area contributed by atoms with Crippen LogP contribution in [0.3, 0.4) is 0 Å². The van der Waals surface area contributed by atoms with Crippen molar-refractivity contribution in [1.29, 1.82) is 0 Å². The summed E-state index contributed by atoms with van der Waals surface area (Å²) in [6, 6.07) is -2.40. The number of nitrogens with zero attached hydrogens (tertiary/aromatic N) is 3. The van der Waals surface area contributed by atoms with E-state index in [0.29, 0.717) is 63.2 Å². The van der Waals surface area contributed by atoms with Crippen molar-refractivity contribution < 1.29 is 38.7 Å². The monoisotopic (exact) mass is 791 g/mol. The molecule has 56 heavy (non-hydrogen) atoms. The third kappa shape index (κ3) is 16.2. The van der Waals surface area contributed by atoms with Crippen LogP contribution in [0.2, 0.25) is 0 Å². The Morgan fingerprint density at radius 2 is 1.73 bits per heavy atom. The fourth-order valence-corrected chi connectivity index (χ4v) is 7.32. The van der Waals surface area contributed by atoms with E-state index >= 15 is 0 Å². The normalized spacial score (nSPS) is 17.6. The summed E-state index contributed by atoms with van der Waals surface area (Å²) in [4.78, 5) is 81.2. The number of urea groups is 1. The number of aliphatic hydroxyl groups is 1. The van der Waals surface area contributed by atoms with Crippen LogP contribution in [0.1, 0.15) is 131 Å². The number of piperidine rings is 1. The third-order valence-corrected chi connectivity index (χ3v) is 10.6. The van der Waals surface area contributed by atoms with Gasteiger partial charge in [0.05, 0.1) is 18.5 Å². The molecule has 3 rings (SSSR count). The summed E-state index contributed by atoms with van der Waals surface area (Å²) in [5, 5.41) is 24.4. The van der Waals surface area contributed by atoms with E-state index in [9.17, 15) is 29.1 Å². The number of hydrogen-bond acceptors (Lipinski definition) is 9. The zero-order chi connectivity index (χ0) is 41.3. The average molecular weight is 791 g/mol. The predicted octanol–water partition coefficient (Wildman–Crippen LogP) is 5.18. The molecule has 0 spiro atoms. The lowest BCUT2D eigenvalue weighted by atomic mass is 9.81. The van der Waals surface area contributed by atoms with Crippen LogP contribution in [0.4, 0.5) is 14.4 Å². The Hall–Kier alpha value is -4.08. The second-order valence-corrected chi connectivity index (χ2v) is 16.8. The predicted molar refractivity (Wildman–Crippen MR) is 212 cm³/mol. The van der Waals surface area contributed by atoms with Crippen molar-refractivity contribution in [2.24, 2.45) is 17.8 Å². The summed E-state index contributed by atoms with van der Waals surface area (Å²) < 4.78 is 5.38. The third-order valence-electron chi connectivity index (χ3n) is 10.6. The van der Waals surface area contributed by atoms with E-state index in [-0.39, 0.29) is 49.8 Å². The summed E-state index contributed by atoms with van der Waals surface area (Å²) in [7, 11) is 0. The van der Waals surface area contributed by atoms with Crippen molar-refractivity contribution in [2.45, 2.75) is 162 Å². The fourth-order valence-electron chi connectivity index (χ4n) is 7.32. The number of carbonyl (C=O) groups excluding carboxylic acids is 5. The Bertz CT molecular complexity index is 1360. The molecule has 0 aromatic carbocycles. The maximum absolute atomic E-state index is 14.6. The van der Waals surface area contributed by atoms with Gasteiger partial charge in [-0.15, -0.1) is 0 Å². The first-order chi connectivity index (χ1) is 26.6. The first-order valence-electron chi connectivity index (χ1n) is 20.9.